The molecule has 3 aromatic rings. The zero-order chi connectivity index (χ0) is 18.9. The number of nitrogens with one attached hydrogen (secondary N) is 2. The third kappa shape index (κ3) is 5.28. The van der Waals surface area contributed by atoms with Crippen LogP contribution in [-0.4, -0.2) is 33.3 Å². The van der Waals surface area contributed by atoms with E-state index in [1.54, 1.807) is 36.8 Å². The van der Waals surface area contributed by atoms with E-state index >= 15 is 0 Å². The highest BCUT2D eigenvalue weighted by molar-refractivity contribution is 6.03. The Morgan fingerprint density at radius 1 is 1.04 bits per heavy atom. The largest absolute Gasteiger partial charge is 0.426 e. The first-order valence-electron chi connectivity index (χ1n) is 8.89. The smallest absolute Gasteiger partial charge is 0.297 e. The summed E-state index contributed by atoms with van der Waals surface area (Å²) in [5.41, 5.74) is 1.60. The fraction of sp³-hybridized carbons (Fsp3) is 0.190. The minimum absolute atomic E-state index is 0.170. The Morgan fingerprint density at radius 2 is 1.74 bits per heavy atom. The number of amidine groups is 1. The van der Waals surface area contributed by atoms with Crippen LogP contribution >= 0.6 is 0 Å². The van der Waals surface area contributed by atoms with E-state index in [1.165, 1.54) is 4.90 Å². The molecule has 6 nitrogen and oxygen atoms in total. The van der Waals surface area contributed by atoms with Crippen LogP contribution in [0, 0.1) is 5.41 Å². The molecule has 27 heavy (non-hydrogen) atoms. The maximum Gasteiger partial charge on any atom is 0.297 e. The standard InChI is InChI=1S/C21H22N4O2/c22-21(27-19-12-5-2-6-13-19)25(20(26)17-9-3-1-4-10-17)14-8-7-11-18-15-23-16-24-18/h1-6,9-10,12-13,15-16,22H,7-8,11,14H2,(H,23,24). The van der Waals surface area contributed by atoms with Gasteiger partial charge in [0.25, 0.3) is 11.9 Å². The zero-order valence-electron chi connectivity index (χ0n) is 15.0. The summed E-state index contributed by atoms with van der Waals surface area (Å²) in [5, 5.41) is 8.30. The number of hydrogen-bond donors (Lipinski definition) is 2. The van der Waals surface area contributed by atoms with Crippen LogP contribution in [-0.2, 0) is 6.42 Å². The molecule has 0 aliphatic heterocycles. The number of ether oxygens (including phenoxy) is 1. The first-order valence-corrected chi connectivity index (χ1v) is 8.89. The summed E-state index contributed by atoms with van der Waals surface area (Å²) in [6, 6.07) is 17.9. The van der Waals surface area contributed by atoms with Gasteiger partial charge in [0.05, 0.1) is 6.33 Å². The van der Waals surface area contributed by atoms with E-state index in [1.807, 2.05) is 36.4 Å². The number of H-pyrrole nitrogens is 1. The highest BCUT2D eigenvalue weighted by Gasteiger charge is 2.21. The van der Waals surface area contributed by atoms with Crippen molar-refractivity contribution in [1.29, 1.82) is 5.41 Å². The molecule has 2 N–H and O–H groups in total. The van der Waals surface area contributed by atoms with Crippen LogP contribution in [0.15, 0.2) is 73.2 Å². The van der Waals surface area contributed by atoms with Crippen molar-refractivity contribution < 1.29 is 9.53 Å². The zero-order valence-corrected chi connectivity index (χ0v) is 15.0. The van der Waals surface area contributed by atoms with Gasteiger partial charge in [0.2, 0.25) is 0 Å². The number of para-hydroxylation sites is 1. The lowest BCUT2D eigenvalue weighted by atomic mass is 10.1. The molecule has 0 spiro atoms. The predicted octanol–water partition coefficient (Wildman–Crippen LogP) is 3.89. The summed E-state index contributed by atoms with van der Waals surface area (Å²) in [5.74, 6) is 0.295. The second kappa shape index (κ2) is 9.33. The molecule has 6 heteroatoms. The van der Waals surface area contributed by atoms with Crippen molar-refractivity contribution in [2.75, 3.05) is 6.54 Å². The quantitative estimate of drug-likeness (QED) is 0.380. The van der Waals surface area contributed by atoms with E-state index in [2.05, 4.69) is 9.97 Å². The Balaban J connectivity index is 1.65. The maximum absolute atomic E-state index is 12.9. The van der Waals surface area contributed by atoms with E-state index < -0.39 is 0 Å². The van der Waals surface area contributed by atoms with Gasteiger partial charge >= 0.3 is 0 Å². The first kappa shape index (κ1) is 18.4. The van der Waals surface area contributed by atoms with Crippen LogP contribution in [0.25, 0.3) is 0 Å². The molecule has 0 bridgehead atoms. The monoisotopic (exact) mass is 362 g/mol. The molecule has 1 aromatic heterocycles. The Hall–Kier alpha value is -3.41. The van der Waals surface area contributed by atoms with Crippen LogP contribution in [0.2, 0.25) is 0 Å². The van der Waals surface area contributed by atoms with E-state index in [4.69, 9.17) is 10.1 Å². The van der Waals surface area contributed by atoms with Gasteiger partial charge in [-0.3, -0.25) is 15.1 Å². The predicted molar refractivity (Wildman–Crippen MR) is 104 cm³/mol. The number of carbonyl (C=O) groups is 1. The molecular weight excluding hydrogens is 340 g/mol. The van der Waals surface area contributed by atoms with Gasteiger partial charge in [-0.1, -0.05) is 36.4 Å². The first-order chi connectivity index (χ1) is 13.2. The van der Waals surface area contributed by atoms with Crippen molar-refractivity contribution in [1.82, 2.24) is 14.9 Å². The minimum atomic E-state index is -0.238. The Bertz CT molecular complexity index is 848. The molecule has 0 fully saturated rings. The number of nitrogens with zero attached hydrogens (tertiary/aromatic N) is 2. The Kier molecular flexibility index (Phi) is 6.35. The van der Waals surface area contributed by atoms with Crippen LogP contribution in [0.1, 0.15) is 28.9 Å². The van der Waals surface area contributed by atoms with Gasteiger partial charge in [-0.15, -0.1) is 0 Å². The molecule has 0 aliphatic carbocycles. The summed E-state index contributed by atoms with van der Waals surface area (Å²) in [4.78, 5) is 21.3. The second-order valence-electron chi connectivity index (χ2n) is 6.08. The number of aromatic amines is 1. The molecule has 1 heterocycles. The van der Waals surface area contributed by atoms with Gasteiger partial charge in [-0.2, -0.15) is 0 Å². The molecular formula is C21H22N4O2. The normalized spacial score (nSPS) is 10.4. The van der Waals surface area contributed by atoms with Crippen molar-refractivity contribution in [3.63, 3.8) is 0 Å². The molecule has 0 saturated heterocycles. The van der Waals surface area contributed by atoms with Crippen LogP contribution in [0.3, 0.4) is 0 Å². The van der Waals surface area contributed by atoms with Gasteiger partial charge in [-0.05, 0) is 43.5 Å². The molecule has 2 aromatic carbocycles. The molecule has 138 valence electrons. The third-order valence-electron chi connectivity index (χ3n) is 4.10. The van der Waals surface area contributed by atoms with E-state index in [0.717, 1.165) is 25.0 Å². The average Bonchev–Trinajstić information content (AvgIpc) is 3.22. The van der Waals surface area contributed by atoms with E-state index in [-0.39, 0.29) is 11.9 Å². The van der Waals surface area contributed by atoms with Crippen molar-refractivity contribution in [2.24, 2.45) is 0 Å². The maximum atomic E-state index is 12.9. The lowest BCUT2D eigenvalue weighted by Gasteiger charge is -2.22. The number of rotatable bonds is 7. The summed E-state index contributed by atoms with van der Waals surface area (Å²) < 4.78 is 5.59. The van der Waals surface area contributed by atoms with Crippen LogP contribution in [0.5, 0.6) is 5.75 Å². The second-order valence-corrected chi connectivity index (χ2v) is 6.08. The summed E-state index contributed by atoms with van der Waals surface area (Å²) in [6.45, 7) is 0.410. The molecule has 1 amide bonds. The molecule has 0 unspecified atom stereocenters. The number of carbonyl (C=O) groups excluding carboxylic acids is 1. The number of amides is 1. The topological polar surface area (TPSA) is 82.1 Å². The molecule has 0 aliphatic rings. The van der Waals surface area contributed by atoms with E-state index in [0.29, 0.717) is 17.9 Å². The number of unbranched alkanes of at least 4 members (excludes halogenated alkanes) is 1. The van der Waals surface area contributed by atoms with Crippen molar-refractivity contribution in [3.8, 4) is 5.75 Å². The number of benzene rings is 2. The van der Waals surface area contributed by atoms with Gasteiger partial charge in [0, 0.05) is 24.0 Å². The van der Waals surface area contributed by atoms with Crippen molar-refractivity contribution in [3.05, 3.63) is 84.4 Å². The Labute approximate surface area is 158 Å². The number of hydrogen-bond acceptors (Lipinski definition) is 4. The fourth-order valence-corrected chi connectivity index (χ4v) is 2.69. The molecule has 0 saturated carbocycles. The fourth-order valence-electron chi connectivity index (χ4n) is 2.69. The van der Waals surface area contributed by atoms with Crippen molar-refractivity contribution >= 4 is 11.9 Å². The SMILES string of the molecule is N=C(Oc1ccccc1)N(CCCCc1cnc[nH]1)C(=O)c1ccccc1. The molecule has 0 atom stereocenters. The van der Waals surface area contributed by atoms with Crippen LogP contribution in [0.4, 0.5) is 0 Å². The highest BCUT2D eigenvalue weighted by Crippen LogP contribution is 2.13. The van der Waals surface area contributed by atoms with Gasteiger partial charge in [0.15, 0.2) is 0 Å². The average molecular weight is 362 g/mol. The minimum Gasteiger partial charge on any atom is -0.426 e. The summed E-state index contributed by atoms with van der Waals surface area (Å²) in [6.07, 6.45) is 5.93. The van der Waals surface area contributed by atoms with Gasteiger partial charge in [0.1, 0.15) is 5.75 Å². The lowest BCUT2D eigenvalue weighted by molar-refractivity contribution is 0.0825. The van der Waals surface area contributed by atoms with E-state index in [9.17, 15) is 4.79 Å². The molecule has 0 radical (unpaired) electrons. The third-order valence-corrected chi connectivity index (χ3v) is 4.10. The number of imidazole rings is 1. The Morgan fingerprint density at radius 3 is 2.41 bits per heavy atom. The van der Waals surface area contributed by atoms with Crippen molar-refractivity contribution in [2.45, 2.75) is 19.3 Å². The number of aromatic nitrogens is 2. The summed E-state index contributed by atoms with van der Waals surface area (Å²) >= 11 is 0. The number of aryl methyl sites for hydroxylation is 1. The highest BCUT2D eigenvalue weighted by atomic mass is 16.5. The summed E-state index contributed by atoms with van der Waals surface area (Å²) in [7, 11) is 0. The van der Waals surface area contributed by atoms with Crippen LogP contribution < -0.4 is 4.74 Å². The molecule has 3 rings (SSSR count). The lowest BCUT2D eigenvalue weighted by Crippen LogP contribution is -2.40. The van der Waals surface area contributed by atoms with Gasteiger partial charge < -0.3 is 9.72 Å². The van der Waals surface area contributed by atoms with Gasteiger partial charge in [-0.25, -0.2) is 4.98 Å².